The van der Waals surface area contributed by atoms with Gasteiger partial charge >= 0.3 is 0 Å². The highest BCUT2D eigenvalue weighted by Gasteiger charge is 2.79. The molecular weight excluding hydrogens is 556 g/mol. The van der Waals surface area contributed by atoms with Crippen LogP contribution in [0.4, 0.5) is 0 Å². The first kappa shape index (κ1) is 24.1. The Morgan fingerprint density at radius 3 is 1.64 bits per heavy atom. The van der Waals surface area contributed by atoms with E-state index in [-0.39, 0.29) is 22.3 Å². The minimum atomic E-state index is -2.08. The molecule has 2 spiro atoms. The van der Waals surface area contributed by atoms with E-state index in [1.54, 1.807) is 78.9 Å². The average molecular weight is 577 g/mol. The number of carbonyl (C=O) groups excluding carboxylic acids is 4. The van der Waals surface area contributed by atoms with Crippen molar-refractivity contribution in [3.05, 3.63) is 140 Å². The SMILES string of the molecule is Cc1cccc([C@H]2OC3(C(=O)c4ccccc4C3=O)[C@H](c3ccc(Br)cc3)C23C(=O)c2ccccc2C3=O)c1. The number of ether oxygens (including phenoxy) is 1. The molecule has 2 aliphatic carbocycles. The Bertz CT molecular complexity index is 1680. The molecule has 190 valence electrons. The summed E-state index contributed by atoms with van der Waals surface area (Å²) < 4.78 is 7.49. The lowest BCUT2D eigenvalue weighted by molar-refractivity contribution is -0.0210. The highest BCUT2D eigenvalue weighted by Crippen LogP contribution is 2.67. The van der Waals surface area contributed by atoms with E-state index < -0.39 is 46.2 Å². The predicted molar refractivity (Wildman–Crippen MR) is 147 cm³/mol. The van der Waals surface area contributed by atoms with Gasteiger partial charge in [-0.2, -0.15) is 0 Å². The van der Waals surface area contributed by atoms with Crippen molar-refractivity contribution in [1.82, 2.24) is 0 Å². The van der Waals surface area contributed by atoms with Crippen LogP contribution in [0.3, 0.4) is 0 Å². The molecular formula is C33H21BrO5. The molecule has 0 radical (unpaired) electrons. The Morgan fingerprint density at radius 2 is 1.13 bits per heavy atom. The quantitative estimate of drug-likeness (QED) is 0.255. The van der Waals surface area contributed by atoms with Crippen LogP contribution in [0.2, 0.25) is 0 Å². The molecule has 1 fully saturated rings. The Hall–Kier alpha value is -4.00. The van der Waals surface area contributed by atoms with Gasteiger partial charge in [-0.15, -0.1) is 0 Å². The Balaban J connectivity index is 1.60. The van der Waals surface area contributed by atoms with E-state index in [4.69, 9.17) is 4.74 Å². The number of hydrogen-bond acceptors (Lipinski definition) is 5. The number of Topliss-reactive ketones (excluding diaryl/α,β-unsaturated/α-hetero) is 4. The molecule has 39 heavy (non-hydrogen) atoms. The lowest BCUT2D eigenvalue weighted by Crippen LogP contribution is -2.51. The molecule has 3 aliphatic rings. The van der Waals surface area contributed by atoms with Gasteiger partial charge in [-0.3, -0.25) is 19.2 Å². The van der Waals surface area contributed by atoms with E-state index in [0.717, 1.165) is 10.0 Å². The van der Waals surface area contributed by atoms with Crippen molar-refractivity contribution in [2.45, 2.75) is 24.5 Å². The second-order valence-electron chi connectivity index (χ2n) is 10.4. The van der Waals surface area contributed by atoms with Gasteiger partial charge in [-0.25, -0.2) is 0 Å². The van der Waals surface area contributed by atoms with Gasteiger partial charge in [0, 0.05) is 26.7 Å². The molecule has 2 atom stereocenters. The highest BCUT2D eigenvalue weighted by molar-refractivity contribution is 9.10. The maximum atomic E-state index is 14.6. The van der Waals surface area contributed by atoms with Crippen LogP contribution in [-0.2, 0) is 4.74 Å². The fraction of sp³-hybridized carbons (Fsp3) is 0.152. The minimum absolute atomic E-state index is 0.236. The monoisotopic (exact) mass is 576 g/mol. The summed E-state index contributed by atoms with van der Waals surface area (Å²) >= 11 is 3.46. The smallest absolute Gasteiger partial charge is 0.204 e. The normalized spacial score (nSPS) is 22.1. The van der Waals surface area contributed by atoms with Crippen LogP contribution in [0.15, 0.2) is 102 Å². The Morgan fingerprint density at radius 1 is 0.615 bits per heavy atom. The van der Waals surface area contributed by atoms with Crippen molar-refractivity contribution < 1.29 is 23.9 Å². The van der Waals surface area contributed by atoms with Gasteiger partial charge in [0.1, 0.15) is 11.5 Å². The summed E-state index contributed by atoms with van der Waals surface area (Å²) in [4.78, 5) is 58.0. The van der Waals surface area contributed by atoms with Crippen LogP contribution in [0.25, 0.3) is 0 Å². The summed E-state index contributed by atoms with van der Waals surface area (Å²) in [6, 6.07) is 27.7. The number of carbonyl (C=O) groups is 4. The summed E-state index contributed by atoms with van der Waals surface area (Å²) in [6.07, 6.45) is -1.17. The van der Waals surface area contributed by atoms with E-state index in [9.17, 15) is 19.2 Å². The number of aryl methyl sites for hydroxylation is 1. The van der Waals surface area contributed by atoms with Crippen molar-refractivity contribution in [2.75, 3.05) is 0 Å². The molecule has 0 bridgehead atoms. The van der Waals surface area contributed by atoms with Crippen LogP contribution in [0.1, 0.15) is 70.1 Å². The molecule has 5 nitrogen and oxygen atoms in total. The molecule has 0 aromatic heterocycles. The third-order valence-electron chi connectivity index (χ3n) is 8.39. The summed E-state index contributed by atoms with van der Waals surface area (Å²) in [6.45, 7) is 1.90. The third kappa shape index (κ3) is 2.93. The van der Waals surface area contributed by atoms with E-state index in [2.05, 4.69) is 15.9 Å². The molecule has 7 rings (SSSR count). The standard InChI is InChI=1S/C33H21BrO5/c1-18-7-6-8-20(17-18)31-32(27(35)22-9-2-3-10-23(22)28(32)36)26(19-13-15-21(34)16-14-19)33(39-31)29(37)24-11-4-5-12-25(24)30(33)38/h2-17,26,31H,1H3/t26-,31-/m1/s1. The second-order valence-corrected chi connectivity index (χ2v) is 11.3. The summed E-state index contributed by atoms with van der Waals surface area (Å²) in [5.74, 6) is -3.11. The van der Waals surface area contributed by atoms with Crippen molar-refractivity contribution in [2.24, 2.45) is 5.41 Å². The zero-order valence-corrected chi connectivity index (χ0v) is 22.4. The average Bonchev–Trinajstić information content (AvgIpc) is 3.48. The molecule has 1 saturated heterocycles. The van der Waals surface area contributed by atoms with E-state index in [1.807, 2.05) is 25.1 Å². The maximum Gasteiger partial charge on any atom is 0.204 e. The van der Waals surface area contributed by atoms with Crippen LogP contribution < -0.4 is 0 Å². The van der Waals surface area contributed by atoms with Crippen molar-refractivity contribution in [1.29, 1.82) is 0 Å². The molecule has 4 aromatic carbocycles. The molecule has 1 heterocycles. The first-order chi connectivity index (χ1) is 18.8. The van der Waals surface area contributed by atoms with Crippen molar-refractivity contribution in [3.63, 3.8) is 0 Å². The number of rotatable bonds is 2. The minimum Gasteiger partial charge on any atom is -0.348 e. The van der Waals surface area contributed by atoms with E-state index in [1.165, 1.54) is 0 Å². The van der Waals surface area contributed by atoms with E-state index >= 15 is 0 Å². The van der Waals surface area contributed by atoms with Gasteiger partial charge in [0.15, 0.2) is 11.6 Å². The number of ketones is 4. The predicted octanol–water partition coefficient (Wildman–Crippen LogP) is 6.50. The zero-order valence-electron chi connectivity index (χ0n) is 20.8. The molecule has 0 amide bonds. The van der Waals surface area contributed by atoms with Crippen molar-refractivity contribution in [3.8, 4) is 0 Å². The number of hydrogen-bond donors (Lipinski definition) is 0. The lowest BCUT2D eigenvalue weighted by atomic mass is 9.60. The summed E-state index contributed by atoms with van der Waals surface area (Å²) in [7, 11) is 0. The van der Waals surface area contributed by atoms with Crippen LogP contribution in [-0.4, -0.2) is 28.7 Å². The first-order valence-corrected chi connectivity index (χ1v) is 13.5. The molecule has 0 N–H and O–H groups in total. The molecule has 0 unspecified atom stereocenters. The van der Waals surface area contributed by atoms with Gasteiger partial charge in [-0.1, -0.05) is 106 Å². The fourth-order valence-electron chi connectivity index (χ4n) is 6.82. The first-order valence-electron chi connectivity index (χ1n) is 12.7. The number of fused-ring (bicyclic) bond motifs is 2. The molecule has 4 aromatic rings. The second kappa shape index (κ2) is 8.25. The molecule has 6 heteroatoms. The fourth-order valence-corrected chi connectivity index (χ4v) is 7.08. The lowest BCUT2D eigenvalue weighted by Gasteiger charge is -2.34. The third-order valence-corrected chi connectivity index (χ3v) is 8.91. The van der Waals surface area contributed by atoms with Gasteiger partial charge < -0.3 is 4.74 Å². The zero-order chi connectivity index (χ0) is 27.1. The van der Waals surface area contributed by atoms with Crippen LogP contribution in [0, 0.1) is 12.3 Å². The van der Waals surface area contributed by atoms with Gasteiger partial charge in [0.2, 0.25) is 17.2 Å². The topological polar surface area (TPSA) is 77.5 Å². The largest absolute Gasteiger partial charge is 0.348 e. The highest BCUT2D eigenvalue weighted by atomic mass is 79.9. The number of halogens is 1. The van der Waals surface area contributed by atoms with Crippen LogP contribution in [0.5, 0.6) is 0 Å². The Kier molecular flexibility index (Phi) is 5.09. The Labute approximate surface area is 232 Å². The van der Waals surface area contributed by atoms with Crippen molar-refractivity contribution >= 4 is 39.1 Å². The van der Waals surface area contributed by atoms with Gasteiger partial charge in [-0.05, 0) is 30.2 Å². The molecule has 1 aliphatic heterocycles. The number of benzene rings is 4. The molecule has 0 saturated carbocycles. The van der Waals surface area contributed by atoms with E-state index in [0.29, 0.717) is 11.1 Å². The van der Waals surface area contributed by atoms with Gasteiger partial charge in [0.05, 0.1) is 5.92 Å². The van der Waals surface area contributed by atoms with Gasteiger partial charge in [0.25, 0.3) is 0 Å². The maximum absolute atomic E-state index is 14.6. The van der Waals surface area contributed by atoms with Crippen LogP contribution >= 0.6 is 15.9 Å². The summed E-state index contributed by atoms with van der Waals surface area (Å²) in [5.41, 5.74) is -0.942. The summed E-state index contributed by atoms with van der Waals surface area (Å²) in [5, 5.41) is 0.